The average Bonchev–Trinajstić information content (AvgIpc) is 2.80. The van der Waals surface area contributed by atoms with Gasteiger partial charge in [0.2, 0.25) is 5.91 Å². The van der Waals surface area contributed by atoms with Crippen molar-refractivity contribution in [3.05, 3.63) is 82.1 Å². The Labute approximate surface area is 207 Å². The van der Waals surface area contributed by atoms with E-state index in [9.17, 15) is 9.59 Å². The smallest absolute Gasteiger partial charge is 0.272 e. The summed E-state index contributed by atoms with van der Waals surface area (Å²) in [6.45, 7) is 3.95. The molecule has 0 saturated heterocycles. The minimum atomic E-state index is -0.764. The number of thioether (sulfide) groups is 1. The maximum atomic E-state index is 13.0. The summed E-state index contributed by atoms with van der Waals surface area (Å²) in [7, 11) is 0. The van der Waals surface area contributed by atoms with Crippen molar-refractivity contribution in [2.45, 2.75) is 37.2 Å². The molecule has 0 aliphatic heterocycles. The predicted octanol–water partition coefficient (Wildman–Crippen LogP) is 5.86. The Kier molecular flexibility index (Phi) is 9.11. The first-order chi connectivity index (χ1) is 15.8. The third-order valence-corrected chi connectivity index (χ3v) is 6.05. The molecule has 1 atom stereocenters. The van der Waals surface area contributed by atoms with Gasteiger partial charge in [-0.1, -0.05) is 79.1 Å². The van der Waals surface area contributed by atoms with Crippen LogP contribution >= 0.6 is 35.0 Å². The standard InChI is InChI=1S/C24H24Cl2N4O2S/c1-15(2)12-20(22(31)28-18-10-8-17(25)9-11-18)29-23(32)21-19(26)13-27-24(30-21)33-14-16-6-4-3-5-7-16/h3-11,13,15,20H,12,14H2,1-2H3,(H,28,31)(H,29,32)/t20-/m0/s1. The molecule has 0 aliphatic rings. The molecule has 1 aromatic heterocycles. The fourth-order valence-corrected chi connectivity index (χ4v) is 4.07. The molecular formula is C24H24Cl2N4O2S. The van der Waals surface area contributed by atoms with Crippen LogP contribution in [0.4, 0.5) is 5.69 Å². The van der Waals surface area contributed by atoms with Crippen molar-refractivity contribution >= 4 is 52.5 Å². The van der Waals surface area contributed by atoms with Crippen LogP contribution in [0, 0.1) is 5.92 Å². The van der Waals surface area contributed by atoms with Gasteiger partial charge in [-0.15, -0.1) is 0 Å². The molecule has 6 nitrogen and oxygen atoms in total. The third kappa shape index (κ3) is 7.74. The lowest BCUT2D eigenvalue weighted by Gasteiger charge is -2.20. The van der Waals surface area contributed by atoms with E-state index in [4.69, 9.17) is 23.2 Å². The maximum absolute atomic E-state index is 13.0. The van der Waals surface area contributed by atoms with Crippen molar-refractivity contribution < 1.29 is 9.59 Å². The summed E-state index contributed by atoms with van der Waals surface area (Å²) in [6.07, 6.45) is 1.85. The first-order valence-electron chi connectivity index (χ1n) is 10.4. The van der Waals surface area contributed by atoms with Gasteiger partial charge in [0.15, 0.2) is 10.9 Å². The number of rotatable bonds is 9. The second-order valence-electron chi connectivity index (χ2n) is 7.78. The second kappa shape index (κ2) is 12.0. The molecule has 172 valence electrons. The highest BCUT2D eigenvalue weighted by Gasteiger charge is 2.25. The van der Waals surface area contributed by atoms with Crippen molar-refractivity contribution in [3.8, 4) is 0 Å². The highest BCUT2D eigenvalue weighted by atomic mass is 35.5. The van der Waals surface area contributed by atoms with Gasteiger partial charge in [0.25, 0.3) is 5.91 Å². The van der Waals surface area contributed by atoms with Crippen LogP contribution in [0.3, 0.4) is 0 Å². The SMILES string of the molecule is CC(C)C[C@H](NC(=O)c1nc(SCc2ccccc2)ncc1Cl)C(=O)Nc1ccc(Cl)cc1. The third-order valence-electron chi connectivity index (χ3n) is 4.59. The zero-order valence-corrected chi connectivity index (χ0v) is 20.5. The summed E-state index contributed by atoms with van der Waals surface area (Å²) in [4.78, 5) is 34.4. The normalized spacial score (nSPS) is 11.8. The van der Waals surface area contributed by atoms with Crippen LogP contribution in [0.2, 0.25) is 10.0 Å². The molecule has 0 fully saturated rings. The van der Waals surface area contributed by atoms with E-state index >= 15 is 0 Å². The van der Waals surface area contributed by atoms with Crippen LogP contribution in [0.25, 0.3) is 0 Å². The van der Waals surface area contributed by atoms with E-state index in [1.54, 1.807) is 24.3 Å². The topological polar surface area (TPSA) is 84.0 Å². The molecule has 2 aromatic carbocycles. The lowest BCUT2D eigenvalue weighted by Crippen LogP contribution is -2.45. The van der Waals surface area contributed by atoms with Crippen LogP contribution in [-0.4, -0.2) is 27.8 Å². The maximum Gasteiger partial charge on any atom is 0.272 e. The molecular weight excluding hydrogens is 479 g/mol. The summed E-state index contributed by atoms with van der Waals surface area (Å²) in [5.74, 6) is -0.0311. The molecule has 0 aliphatic carbocycles. The molecule has 0 spiro atoms. The molecule has 2 amide bonds. The van der Waals surface area contributed by atoms with E-state index < -0.39 is 11.9 Å². The zero-order chi connectivity index (χ0) is 23.8. The van der Waals surface area contributed by atoms with Gasteiger partial charge in [0.05, 0.1) is 11.2 Å². The van der Waals surface area contributed by atoms with Crippen molar-refractivity contribution in [2.24, 2.45) is 5.92 Å². The fraction of sp³-hybridized carbons (Fsp3) is 0.250. The average molecular weight is 503 g/mol. The largest absolute Gasteiger partial charge is 0.339 e. The van der Waals surface area contributed by atoms with E-state index in [0.29, 0.717) is 28.0 Å². The van der Waals surface area contributed by atoms with Crippen molar-refractivity contribution in [1.82, 2.24) is 15.3 Å². The van der Waals surface area contributed by atoms with Crippen molar-refractivity contribution in [1.29, 1.82) is 0 Å². The number of anilines is 1. The van der Waals surface area contributed by atoms with E-state index in [0.717, 1.165) is 5.56 Å². The van der Waals surface area contributed by atoms with Gasteiger partial charge in [-0.25, -0.2) is 9.97 Å². The van der Waals surface area contributed by atoms with Gasteiger partial charge in [-0.05, 0) is 42.2 Å². The highest BCUT2D eigenvalue weighted by Crippen LogP contribution is 2.22. The first kappa shape index (κ1) is 25.0. The van der Waals surface area contributed by atoms with Crippen LogP contribution in [-0.2, 0) is 10.5 Å². The molecule has 0 unspecified atom stereocenters. The number of hydrogen-bond acceptors (Lipinski definition) is 5. The molecule has 1 heterocycles. The van der Waals surface area contributed by atoms with Gasteiger partial charge in [-0.3, -0.25) is 9.59 Å². The number of nitrogens with one attached hydrogen (secondary N) is 2. The van der Waals surface area contributed by atoms with Crippen LogP contribution in [0.5, 0.6) is 0 Å². The molecule has 0 radical (unpaired) electrons. The number of nitrogens with zero attached hydrogens (tertiary/aromatic N) is 2. The van der Waals surface area contributed by atoms with Crippen molar-refractivity contribution in [2.75, 3.05) is 5.32 Å². The van der Waals surface area contributed by atoms with Gasteiger partial charge >= 0.3 is 0 Å². The fourth-order valence-electron chi connectivity index (χ4n) is 2.99. The number of carbonyl (C=O) groups is 2. The molecule has 9 heteroatoms. The van der Waals surface area contributed by atoms with E-state index in [-0.39, 0.29) is 22.5 Å². The lowest BCUT2D eigenvalue weighted by molar-refractivity contribution is -0.118. The Morgan fingerprint density at radius 2 is 1.73 bits per heavy atom. The van der Waals surface area contributed by atoms with Crippen LogP contribution < -0.4 is 10.6 Å². The van der Waals surface area contributed by atoms with Gasteiger partial charge in [0, 0.05) is 16.5 Å². The molecule has 33 heavy (non-hydrogen) atoms. The number of hydrogen-bond donors (Lipinski definition) is 2. The Hall–Kier alpha value is -2.61. The quantitative estimate of drug-likeness (QED) is 0.282. The number of amides is 2. The molecule has 0 saturated carbocycles. The van der Waals surface area contributed by atoms with Crippen LogP contribution in [0.1, 0.15) is 36.3 Å². The van der Waals surface area contributed by atoms with Gasteiger partial charge < -0.3 is 10.6 Å². The zero-order valence-electron chi connectivity index (χ0n) is 18.2. The summed E-state index contributed by atoms with van der Waals surface area (Å²) < 4.78 is 0. The van der Waals surface area contributed by atoms with Gasteiger partial charge in [-0.2, -0.15) is 0 Å². The van der Waals surface area contributed by atoms with Gasteiger partial charge in [0.1, 0.15) is 6.04 Å². The van der Waals surface area contributed by atoms with E-state index in [1.165, 1.54) is 18.0 Å². The molecule has 3 rings (SSSR count). The number of carbonyl (C=O) groups excluding carboxylic acids is 2. The minimum Gasteiger partial charge on any atom is -0.339 e. The Balaban J connectivity index is 1.71. The summed E-state index contributed by atoms with van der Waals surface area (Å²) in [5.41, 5.74) is 1.74. The summed E-state index contributed by atoms with van der Waals surface area (Å²) in [6, 6.07) is 15.9. The summed E-state index contributed by atoms with van der Waals surface area (Å²) in [5, 5.41) is 6.71. The Morgan fingerprint density at radius 1 is 1.03 bits per heavy atom. The molecule has 2 N–H and O–H groups in total. The summed E-state index contributed by atoms with van der Waals surface area (Å²) >= 11 is 13.5. The number of benzene rings is 2. The minimum absolute atomic E-state index is 0.0373. The molecule has 0 bridgehead atoms. The monoisotopic (exact) mass is 502 g/mol. The van der Waals surface area contributed by atoms with E-state index in [1.807, 2.05) is 44.2 Å². The predicted molar refractivity (Wildman–Crippen MR) is 134 cm³/mol. The number of halogens is 2. The lowest BCUT2D eigenvalue weighted by atomic mass is 10.0. The Morgan fingerprint density at radius 3 is 2.39 bits per heavy atom. The second-order valence-corrected chi connectivity index (χ2v) is 9.56. The highest BCUT2D eigenvalue weighted by molar-refractivity contribution is 7.98. The van der Waals surface area contributed by atoms with E-state index in [2.05, 4.69) is 20.6 Å². The van der Waals surface area contributed by atoms with Crippen molar-refractivity contribution in [3.63, 3.8) is 0 Å². The molecule has 3 aromatic rings. The first-order valence-corrected chi connectivity index (χ1v) is 12.1. The number of aromatic nitrogens is 2. The van der Waals surface area contributed by atoms with Crippen LogP contribution in [0.15, 0.2) is 66.0 Å². The Bertz CT molecular complexity index is 1100.